The first-order valence-electron chi connectivity index (χ1n) is 9.30. The van der Waals surface area contributed by atoms with Crippen LogP contribution in [-0.2, 0) is 11.8 Å². The number of aromatic nitrogens is 5. The zero-order valence-electron chi connectivity index (χ0n) is 15.6. The Kier molecular flexibility index (Phi) is 4.17. The molecule has 1 aromatic carbocycles. The third-order valence-corrected chi connectivity index (χ3v) is 4.89. The van der Waals surface area contributed by atoms with E-state index in [1.807, 2.05) is 31.7 Å². The number of aromatic amines is 1. The maximum absolute atomic E-state index is 5.42. The molecule has 1 aliphatic rings. The summed E-state index contributed by atoms with van der Waals surface area (Å²) in [4.78, 5) is 14.9. The molecule has 2 N–H and O–H groups in total. The van der Waals surface area contributed by atoms with Crippen LogP contribution in [0.4, 0.5) is 17.3 Å². The van der Waals surface area contributed by atoms with E-state index in [0.717, 1.165) is 54.3 Å². The SMILES string of the molecule is Cn1cc(-c2nc(Nc3ccc(N4CCOCC4)cc3)nc3[nH]ccc23)cn1. The van der Waals surface area contributed by atoms with Gasteiger partial charge >= 0.3 is 0 Å². The van der Waals surface area contributed by atoms with Crippen LogP contribution in [0.5, 0.6) is 0 Å². The number of fused-ring (bicyclic) bond motifs is 1. The highest BCUT2D eigenvalue weighted by atomic mass is 16.5. The second-order valence-corrected chi connectivity index (χ2v) is 6.81. The summed E-state index contributed by atoms with van der Waals surface area (Å²) in [6.45, 7) is 3.41. The lowest BCUT2D eigenvalue weighted by Gasteiger charge is -2.28. The monoisotopic (exact) mass is 375 g/mol. The van der Waals surface area contributed by atoms with E-state index in [2.05, 4.69) is 49.5 Å². The Labute approximate surface area is 162 Å². The molecule has 8 heteroatoms. The van der Waals surface area contributed by atoms with Gasteiger partial charge in [0, 0.05) is 54.9 Å². The third kappa shape index (κ3) is 3.18. The molecule has 0 radical (unpaired) electrons. The van der Waals surface area contributed by atoms with Crippen LogP contribution >= 0.6 is 0 Å². The molecular weight excluding hydrogens is 354 g/mol. The third-order valence-electron chi connectivity index (χ3n) is 4.89. The average molecular weight is 375 g/mol. The van der Waals surface area contributed by atoms with E-state index >= 15 is 0 Å². The molecule has 1 aliphatic heterocycles. The fourth-order valence-corrected chi connectivity index (χ4v) is 3.47. The van der Waals surface area contributed by atoms with Gasteiger partial charge in [0.1, 0.15) is 5.65 Å². The Hall–Kier alpha value is -3.39. The molecule has 0 unspecified atom stereocenters. The van der Waals surface area contributed by atoms with E-state index < -0.39 is 0 Å². The summed E-state index contributed by atoms with van der Waals surface area (Å²) in [5.41, 5.74) is 4.75. The standard InChI is InChI=1S/C20H21N7O/c1-26-13-14(12-22-26)18-17-6-7-21-19(17)25-20(24-18)23-15-2-4-16(5-3-15)27-8-10-28-11-9-27/h2-7,12-13H,8-11H2,1H3,(H2,21,23,24,25). The second-order valence-electron chi connectivity index (χ2n) is 6.81. The molecule has 0 aliphatic carbocycles. The predicted molar refractivity (Wildman–Crippen MR) is 109 cm³/mol. The van der Waals surface area contributed by atoms with Crippen LogP contribution in [0.1, 0.15) is 0 Å². The largest absolute Gasteiger partial charge is 0.378 e. The lowest BCUT2D eigenvalue weighted by molar-refractivity contribution is 0.122. The summed E-state index contributed by atoms with van der Waals surface area (Å²) >= 11 is 0. The fraction of sp³-hybridized carbons (Fsp3) is 0.250. The fourth-order valence-electron chi connectivity index (χ4n) is 3.47. The van der Waals surface area contributed by atoms with Crippen molar-refractivity contribution in [2.75, 3.05) is 36.5 Å². The number of rotatable bonds is 4. The van der Waals surface area contributed by atoms with Gasteiger partial charge < -0.3 is 19.9 Å². The van der Waals surface area contributed by atoms with Crippen LogP contribution in [0.15, 0.2) is 48.9 Å². The van der Waals surface area contributed by atoms with Crippen molar-refractivity contribution in [3.63, 3.8) is 0 Å². The van der Waals surface area contributed by atoms with Gasteiger partial charge in [-0.3, -0.25) is 4.68 Å². The molecule has 1 fully saturated rings. The van der Waals surface area contributed by atoms with Gasteiger partial charge in [0.25, 0.3) is 0 Å². The minimum absolute atomic E-state index is 0.549. The summed E-state index contributed by atoms with van der Waals surface area (Å²) in [7, 11) is 1.90. The second kappa shape index (κ2) is 6.97. The first kappa shape index (κ1) is 16.8. The highest BCUT2D eigenvalue weighted by Gasteiger charge is 2.13. The number of ether oxygens (including phenoxy) is 1. The van der Waals surface area contributed by atoms with Crippen LogP contribution in [0, 0.1) is 0 Å². The van der Waals surface area contributed by atoms with Crippen LogP contribution in [0.25, 0.3) is 22.3 Å². The van der Waals surface area contributed by atoms with Gasteiger partial charge in [0.2, 0.25) is 5.95 Å². The molecule has 0 spiro atoms. The molecule has 0 amide bonds. The van der Waals surface area contributed by atoms with E-state index in [-0.39, 0.29) is 0 Å². The Balaban J connectivity index is 1.43. The molecular formula is C20H21N7O. The van der Waals surface area contributed by atoms with E-state index in [9.17, 15) is 0 Å². The van der Waals surface area contributed by atoms with Gasteiger partial charge in [-0.2, -0.15) is 10.1 Å². The van der Waals surface area contributed by atoms with Gasteiger partial charge in [0.05, 0.1) is 25.1 Å². The maximum atomic E-state index is 5.42. The van der Waals surface area contributed by atoms with Crippen LogP contribution in [0.2, 0.25) is 0 Å². The summed E-state index contributed by atoms with van der Waals surface area (Å²) in [6.07, 6.45) is 5.64. The first-order valence-corrected chi connectivity index (χ1v) is 9.30. The van der Waals surface area contributed by atoms with Gasteiger partial charge in [-0.05, 0) is 30.3 Å². The van der Waals surface area contributed by atoms with Crippen molar-refractivity contribution in [1.29, 1.82) is 0 Å². The first-order chi connectivity index (χ1) is 13.8. The topological polar surface area (TPSA) is 83.9 Å². The van der Waals surface area contributed by atoms with Crippen molar-refractivity contribution in [1.82, 2.24) is 24.7 Å². The van der Waals surface area contributed by atoms with E-state index in [0.29, 0.717) is 5.95 Å². The predicted octanol–water partition coefficient (Wildman–Crippen LogP) is 2.94. The molecule has 142 valence electrons. The van der Waals surface area contributed by atoms with Crippen molar-refractivity contribution in [2.45, 2.75) is 0 Å². The Morgan fingerprint density at radius 3 is 2.64 bits per heavy atom. The Morgan fingerprint density at radius 1 is 1.07 bits per heavy atom. The smallest absolute Gasteiger partial charge is 0.229 e. The number of nitrogens with zero attached hydrogens (tertiary/aromatic N) is 5. The number of benzene rings is 1. The summed E-state index contributed by atoms with van der Waals surface area (Å²) in [6, 6.07) is 10.3. The molecule has 0 bridgehead atoms. The number of nitrogens with one attached hydrogen (secondary N) is 2. The molecule has 3 aromatic heterocycles. The minimum atomic E-state index is 0.549. The molecule has 0 atom stereocenters. The number of anilines is 3. The summed E-state index contributed by atoms with van der Waals surface area (Å²) in [5, 5.41) is 8.56. The quantitative estimate of drug-likeness (QED) is 0.571. The highest BCUT2D eigenvalue weighted by Crippen LogP contribution is 2.28. The van der Waals surface area contributed by atoms with Gasteiger partial charge in [0.15, 0.2) is 0 Å². The van der Waals surface area contributed by atoms with Crippen LogP contribution < -0.4 is 10.2 Å². The molecule has 1 saturated heterocycles. The molecule has 28 heavy (non-hydrogen) atoms. The molecule has 0 saturated carbocycles. The highest BCUT2D eigenvalue weighted by molar-refractivity contribution is 5.91. The lowest BCUT2D eigenvalue weighted by atomic mass is 10.2. The number of morpholine rings is 1. The van der Waals surface area contributed by atoms with Crippen LogP contribution in [-0.4, -0.2) is 51.0 Å². The van der Waals surface area contributed by atoms with Gasteiger partial charge in [-0.25, -0.2) is 4.98 Å². The van der Waals surface area contributed by atoms with E-state index in [4.69, 9.17) is 9.72 Å². The van der Waals surface area contributed by atoms with Crippen LogP contribution in [0.3, 0.4) is 0 Å². The van der Waals surface area contributed by atoms with E-state index in [1.165, 1.54) is 5.69 Å². The summed E-state index contributed by atoms with van der Waals surface area (Å²) in [5.74, 6) is 0.549. The number of hydrogen-bond acceptors (Lipinski definition) is 6. The molecule has 4 aromatic rings. The van der Waals surface area contributed by atoms with Crippen molar-refractivity contribution in [3.8, 4) is 11.3 Å². The Morgan fingerprint density at radius 2 is 1.89 bits per heavy atom. The normalized spacial score (nSPS) is 14.5. The van der Waals surface area contributed by atoms with Crippen molar-refractivity contribution in [3.05, 3.63) is 48.9 Å². The molecule has 8 nitrogen and oxygen atoms in total. The van der Waals surface area contributed by atoms with Gasteiger partial charge in [-0.15, -0.1) is 0 Å². The van der Waals surface area contributed by atoms with Gasteiger partial charge in [-0.1, -0.05) is 0 Å². The summed E-state index contributed by atoms with van der Waals surface area (Å²) < 4.78 is 7.19. The van der Waals surface area contributed by atoms with Crippen molar-refractivity contribution >= 4 is 28.4 Å². The molecule has 5 rings (SSSR count). The Bertz CT molecular complexity index is 1090. The zero-order valence-corrected chi connectivity index (χ0v) is 15.6. The number of H-pyrrole nitrogens is 1. The van der Waals surface area contributed by atoms with E-state index in [1.54, 1.807) is 4.68 Å². The number of aryl methyl sites for hydroxylation is 1. The van der Waals surface area contributed by atoms with Crippen molar-refractivity contribution < 1.29 is 4.74 Å². The number of hydrogen-bond donors (Lipinski definition) is 2. The van der Waals surface area contributed by atoms with Crippen molar-refractivity contribution in [2.24, 2.45) is 7.05 Å². The molecule has 4 heterocycles. The maximum Gasteiger partial charge on any atom is 0.229 e. The minimum Gasteiger partial charge on any atom is -0.378 e. The zero-order chi connectivity index (χ0) is 18.9. The average Bonchev–Trinajstić information content (AvgIpc) is 3.37. The lowest BCUT2D eigenvalue weighted by Crippen LogP contribution is -2.36.